The summed E-state index contributed by atoms with van der Waals surface area (Å²) in [6.45, 7) is 4.32. The van der Waals surface area contributed by atoms with Gasteiger partial charge in [-0.25, -0.2) is 4.98 Å². The van der Waals surface area contributed by atoms with Gasteiger partial charge in [-0.05, 0) is 41.9 Å². The molecule has 2 rings (SSSR count). The predicted octanol–water partition coefficient (Wildman–Crippen LogP) is 1.72. The Morgan fingerprint density at radius 1 is 1.29 bits per heavy atom. The Balaban J connectivity index is 1.77. The van der Waals surface area contributed by atoms with E-state index in [1.54, 1.807) is 6.07 Å². The van der Waals surface area contributed by atoms with Crippen LogP contribution in [0.1, 0.15) is 19.3 Å². The van der Waals surface area contributed by atoms with Crippen LogP contribution < -0.4 is 11.1 Å². The molecule has 0 aliphatic carbocycles. The molecular weight excluding hydrogens is 282 g/mol. The second-order valence-corrected chi connectivity index (χ2v) is 5.08. The van der Waals surface area contributed by atoms with Gasteiger partial charge in [0.2, 0.25) is 5.95 Å². The van der Waals surface area contributed by atoms with E-state index in [9.17, 15) is 0 Å². The van der Waals surface area contributed by atoms with Crippen molar-refractivity contribution in [3.63, 3.8) is 0 Å². The third-order valence-electron chi connectivity index (χ3n) is 2.87. The Hall–Kier alpha value is -0.880. The molecule has 0 atom stereocenters. The number of piperidine rings is 1. The van der Waals surface area contributed by atoms with Crippen molar-refractivity contribution in [2.24, 2.45) is 0 Å². The van der Waals surface area contributed by atoms with Crippen LogP contribution in [0.25, 0.3) is 0 Å². The molecule has 0 bridgehead atoms. The van der Waals surface area contributed by atoms with E-state index in [0.717, 1.165) is 13.1 Å². The number of nitrogen functional groups attached to an aromatic ring is 1. The highest BCUT2D eigenvalue weighted by atomic mass is 79.9. The summed E-state index contributed by atoms with van der Waals surface area (Å²) in [6, 6.07) is 1.69. The molecule has 0 aromatic carbocycles. The van der Waals surface area contributed by atoms with E-state index in [4.69, 9.17) is 5.73 Å². The zero-order valence-electron chi connectivity index (χ0n) is 9.82. The van der Waals surface area contributed by atoms with Gasteiger partial charge in [-0.2, -0.15) is 4.98 Å². The molecule has 1 fully saturated rings. The summed E-state index contributed by atoms with van der Waals surface area (Å²) in [4.78, 5) is 10.8. The lowest BCUT2D eigenvalue weighted by Crippen LogP contribution is -2.33. The van der Waals surface area contributed by atoms with Gasteiger partial charge in [0.25, 0.3) is 0 Å². The van der Waals surface area contributed by atoms with E-state index in [2.05, 4.69) is 36.1 Å². The molecule has 94 valence electrons. The van der Waals surface area contributed by atoms with E-state index >= 15 is 0 Å². The second kappa shape index (κ2) is 6.16. The van der Waals surface area contributed by atoms with Crippen LogP contribution in [0.2, 0.25) is 0 Å². The van der Waals surface area contributed by atoms with Crippen molar-refractivity contribution in [3.05, 3.63) is 10.7 Å². The fourth-order valence-electron chi connectivity index (χ4n) is 2.02. The van der Waals surface area contributed by atoms with Crippen molar-refractivity contribution in [1.29, 1.82) is 0 Å². The molecule has 0 amide bonds. The first-order valence-corrected chi connectivity index (χ1v) is 6.79. The molecule has 0 unspecified atom stereocenters. The maximum absolute atomic E-state index is 5.64. The highest BCUT2D eigenvalue weighted by Gasteiger charge is 2.09. The van der Waals surface area contributed by atoms with Crippen LogP contribution in [-0.2, 0) is 0 Å². The molecule has 5 nitrogen and oxygen atoms in total. The van der Waals surface area contributed by atoms with Gasteiger partial charge < -0.3 is 16.0 Å². The fourth-order valence-corrected chi connectivity index (χ4v) is 2.43. The first-order chi connectivity index (χ1) is 8.24. The summed E-state index contributed by atoms with van der Waals surface area (Å²) in [5.74, 6) is 1.07. The molecule has 0 radical (unpaired) electrons. The summed E-state index contributed by atoms with van der Waals surface area (Å²) in [6.07, 6.45) is 4.01. The molecule has 3 N–H and O–H groups in total. The Morgan fingerprint density at radius 2 is 2.06 bits per heavy atom. The van der Waals surface area contributed by atoms with Gasteiger partial charge in [-0.1, -0.05) is 6.42 Å². The van der Waals surface area contributed by atoms with Gasteiger partial charge in [-0.3, -0.25) is 0 Å². The van der Waals surface area contributed by atoms with Crippen LogP contribution in [0, 0.1) is 0 Å². The Bertz CT molecular complexity index is 345. The summed E-state index contributed by atoms with van der Waals surface area (Å²) >= 11 is 3.30. The van der Waals surface area contributed by atoms with E-state index in [1.807, 2.05) is 0 Å². The van der Waals surface area contributed by atoms with Crippen molar-refractivity contribution in [2.75, 3.05) is 37.2 Å². The van der Waals surface area contributed by atoms with Crippen molar-refractivity contribution < 1.29 is 0 Å². The Kier molecular flexibility index (Phi) is 4.56. The lowest BCUT2D eigenvalue weighted by molar-refractivity contribution is 0.237. The van der Waals surface area contributed by atoms with Crippen LogP contribution in [0.15, 0.2) is 10.7 Å². The monoisotopic (exact) mass is 299 g/mol. The number of halogens is 1. The van der Waals surface area contributed by atoms with Gasteiger partial charge in [0.1, 0.15) is 10.4 Å². The van der Waals surface area contributed by atoms with E-state index in [-0.39, 0.29) is 0 Å². The van der Waals surface area contributed by atoms with E-state index < -0.39 is 0 Å². The fraction of sp³-hybridized carbons (Fsp3) is 0.636. The normalized spacial score (nSPS) is 17.0. The average molecular weight is 300 g/mol. The molecule has 1 aromatic heterocycles. The van der Waals surface area contributed by atoms with Crippen LogP contribution in [0.4, 0.5) is 11.8 Å². The zero-order chi connectivity index (χ0) is 12.1. The van der Waals surface area contributed by atoms with Gasteiger partial charge in [0.05, 0.1) is 0 Å². The lowest BCUT2D eigenvalue weighted by Gasteiger charge is -2.26. The highest BCUT2D eigenvalue weighted by molar-refractivity contribution is 9.10. The number of hydrogen-bond acceptors (Lipinski definition) is 5. The maximum atomic E-state index is 5.64. The molecule has 17 heavy (non-hydrogen) atoms. The van der Waals surface area contributed by atoms with E-state index in [0.29, 0.717) is 16.4 Å². The summed E-state index contributed by atoms with van der Waals surface area (Å²) < 4.78 is 0.713. The predicted molar refractivity (Wildman–Crippen MR) is 72.9 cm³/mol. The molecule has 1 saturated heterocycles. The number of hydrogen-bond donors (Lipinski definition) is 2. The van der Waals surface area contributed by atoms with Crippen molar-refractivity contribution in [3.8, 4) is 0 Å². The van der Waals surface area contributed by atoms with Crippen LogP contribution in [0.5, 0.6) is 0 Å². The van der Waals surface area contributed by atoms with E-state index in [1.165, 1.54) is 32.4 Å². The van der Waals surface area contributed by atoms with Gasteiger partial charge in [0.15, 0.2) is 0 Å². The summed E-state index contributed by atoms with van der Waals surface area (Å²) in [5, 5.41) is 3.20. The number of nitrogens with zero attached hydrogens (tertiary/aromatic N) is 3. The number of nitrogens with one attached hydrogen (secondary N) is 1. The number of likely N-dealkylation sites (tertiary alicyclic amines) is 1. The first-order valence-electron chi connectivity index (χ1n) is 6.00. The summed E-state index contributed by atoms with van der Waals surface area (Å²) in [7, 11) is 0. The number of rotatable bonds is 4. The molecule has 1 aromatic rings. The van der Waals surface area contributed by atoms with Gasteiger partial charge in [0, 0.05) is 19.2 Å². The molecule has 2 heterocycles. The average Bonchev–Trinajstić information content (AvgIpc) is 2.29. The molecule has 0 spiro atoms. The first kappa shape index (κ1) is 12.6. The third-order valence-corrected chi connectivity index (χ3v) is 3.28. The minimum absolute atomic E-state index is 0.479. The van der Waals surface area contributed by atoms with Crippen LogP contribution >= 0.6 is 15.9 Å². The van der Waals surface area contributed by atoms with Crippen LogP contribution in [-0.4, -0.2) is 41.0 Å². The third kappa shape index (κ3) is 4.12. The molecule has 1 aliphatic heterocycles. The largest absolute Gasteiger partial charge is 0.383 e. The minimum Gasteiger partial charge on any atom is -0.383 e. The Morgan fingerprint density at radius 3 is 2.76 bits per heavy atom. The molecule has 1 aliphatic rings. The quantitative estimate of drug-likeness (QED) is 0.829. The topological polar surface area (TPSA) is 67.1 Å². The second-order valence-electron chi connectivity index (χ2n) is 4.27. The molecule has 6 heteroatoms. The lowest BCUT2D eigenvalue weighted by atomic mass is 10.1. The number of aromatic nitrogens is 2. The number of nitrogens with two attached hydrogens (primary N) is 1. The highest BCUT2D eigenvalue weighted by Crippen LogP contribution is 2.12. The van der Waals surface area contributed by atoms with Crippen molar-refractivity contribution >= 4 is 27.7 Å². The smallest absolute Gasteiger partial charge is 0.225 e. The summed E-state index contributed by atoms with van der Waals surface area (Å²) in [5.41, 5.74) is 5.64. The molecular formula is C11H18BrN5. The Labute approximate surface area is 110 Å². The standard InChI is InChI=1S/C11H18BrN5/c12-9-8-10(13)16-11(15-9)14-4-7-17-5-2-1-3-6-17/h8H,1-7H2,(H3,13,14,15,16). The maximum Gasteiger partial charge on any atom is 0.225 e. The SMILES string of the molecule is Nc1cc(Br)nc(NCCN2CCCCC2)n1. The van der Waals surface area contributed by atoms with Gasteiger partial charge >= 0.3 is 0 Å². The minimum atomic E-state index is 0.479. The van der Waals surface area contributed by atoms with Gasteiger partial charge in [-0.15, -0.1) is 0 Å². The van der Waals surface area contributed by atoms with Crippen LogP contribution in [0.3, 0.4) is 0 Å². The van der Waals surface area contributed by atoms with Crippen molar-refractivity contribution in [1.82, 2.24) is 14.9 Å². The molecule has 0 saturated carbocycles. The number of anilines is 2. The van der Waals surface area contributed by atoms with Crippen molar-refractivity contribution in [2.45, 2.75) is 19.3 Å². The zero-order valence-corrected chi connectivity index (χ0v) is 11.4.